The van der Waals surface area contributed by atoms with Gasteiger partial charge in [-0.3, -0.25) is 4.79 Å². The van der Waals surface area contributed by atoms with Crippen molar-refractivity contribution in [3.8, 4) is 0 Å². The van der Waals surface area contributed by atoms with E-state index in [1.165, 1.54) is 0 Å². The molecular formula is C11H15BO. The standard InChI is InChI=1S/C11H15BO/c1-8(2)9(3)5-6-10(4)11(13)7-12/h5-6,8H,3-4,7H2,1-2H3/b6-5-. The van der Waals surface area contributed by atoms with Gasteiger partial charge in [0.15, 0.2) is 5.78 Å². The van der Waals surface area contributed by atoms with Crippen molar-refractivity contribution in [2.45, 2.75) is 20.2 Å². The zero-order chi connectivity index (χ0) is 10.4. The van der Waals surface area contributed by atoms with Gasteiger partial charge in [0.05, 0.1) is 7.85 Å². The van der Waals surface area contributed by atoms with E-state index in [2.05, 4.69) is 13.2 Å². The minimum atomic E-state index is -0.132. The second-order valence-electron chi connectivity index (χ2n) is 3.22. The van der Waals surface area contributed by atoms with E-state index in [1.54, 1.807) is 12.2 Å². The van der Waals surface area contributed by atoms with Crippen molar-refractivity contribution in [3.05, 3.63) is 36.5 Å². The Kier molecular flexibility index (Phi) is 5.13. The molecule has 1 nitrogen and oxygen atoms in total. The first-order valence-corrected chi connectivity index (χ1v) is 4.28. The highest BCUT2D eigenvalue weighted by atomic mass is 16.1. The van der Waals surface area contributed by atoms with E-state index in [0.717, 1.165) is 5.57 Å². The highest BCUT2D eigenvalue weighted by Crippen LogP contribution is 2.09. The van der Waals surface area contributed by atoms with Crippen LogP contribution in [0.4, 0.5) is 0 Å². The van der Waals surface area contributed by atoms with E-state index in [-0.39, 0.29) is 12.1 Å². The van der Waals surface area contributed by atoms with E-state index >= 15 is 0 Å². The molecule has 13 heavy (non-hydrogen) atoms. The fraction of sp³-hybridized carbons (Fsp3) is 0.364. The van der Waals surface area contributed by atoms with Crippen molar-refractivity contribution >= 4 is 13.6 Å². The lowest BCUT2D eigenvalue weighted by Crippen LogP contribution is -1.97. The van der Waals surface area contributed by atoms with Gasteiger partial charge in [0.2, 0.25) is 0 Å². The van der Waals surface area contributed by atoms with Crippen LogP contribution in [-0.4, -0.2) is 13.6 Å². The maximum absolute atomic E-state index is 11.0. The lowest BCUT2D eigenvalue weighted by molar-refractivity contribution is -0.113. The Morgan fingerprint density at radius 1 is 1.38 bits per heavy atom. The molecule has 0 fully saturated rings. The zero-order valence-electron chi connectivity index (χ0n) is 8.34. The van der Waals surface area contributed by atoms with Crippen molar-refractivity contribution in [1.29, 1.82) is 0 Å². The topological polar surface area (TPSA) is 17.1 Å². The number of rotatable bonds is 5. The van der Waals surface area contributed by atoms with E-state index < -0.39 is 0 Å². The van der Waals surface area contributed by atoms with Crippen LogP contribution in [0.5, 0.6) is 0 Å². The van der Waals surface area contributed by atoms with Gasteiger partial charge in [0.25, 0.3) is 0 Å². The van der Waals surface area contributed by atoms with Crippen LogP contribution in [0.2, 0.25) is 6.32 Å². The third-order valence-electron chi connectivity index (χ3n) is 1.78. The molecule has 0 aromatic rings. The van der Waals surface area contributed by atoms with Crippen LogP contribution in [0.25, 0.3) is 0 Å². The van der Waals surface area contributed by atoms with Gasteiger partial charge in [0.1, 0.15) is 0 Å². The summed E-state index contributed by atoms with van der Waals surface area (Å²) in [5.41, 5.74) is 1.41. The normalized spacial score (nSPS) is 10.7. The summed E-state index contributed by atoms with van der Waals surface area (Å²) in [5, 5.41) is 0. The molecule has 2 heteroatoms. The lowest BCUT2D eigenvalue weighted by Gasteiger charge is -2.02. The molecule has 0 aliphatic carbocycles. The molecule has 0 N–H and O–H groups in total. The molecular weight excluding hydrogens is 159 g/mol. The number of hydrogen-bond donors (Lipinski definition) is 0. The molecule has 0 unspecified atom stereocenters. The van der Waals surface area contributed by atoms with Gasteiger partial charge in [-0.15, -0.1) is 0 Å². The molecule has 0 aromatic carbocycles. The van der Waals surface area contributed by atoms with Gasteiger partial charge in [-0.05, 0) is 12.2 Å². The Hall–Kier alpha value is -1.05. The van der Waals surface area contributed by atoms with Gasteiger partial charge in [-0.2, -0.15) is 0 Å². The van der Waals surface area contributed by atoms with Crippen LogP contribution >= 0.6 is 0 Å². The number of hydrogen-bond acceptors (Lipinski definition) is 1. The second kappa shape index (κ2) is 5.57. The van der Waals surface area contributed by atoms with Gasteiger partial charge >= 0.3 is 0 Å². The van der Waals surface area contributed by atoms with E-state index in [1.807, 2.05) is 13.8 Å². The number of carbonyl (C=O) groups is 1. The SMILES string of the molecule is [B]CC(=O)C(=C)/C=C\C(=C)C(C)C. The molecule has 68 valence electrons. The summed E-state index contributed by atoms with van der Waals surface area (Å²) in [6.07, 6.45) is 3.48. The van der Waals surface area contributed by atoms with Crippen LogP contribution in [0.1, 0.15) is 13.8 Å². The van der Waals surface area contributed by atoms with Crippen LogP contribution < -0.4 is 0 Å². The Bertz CT molecular complexity index is 249. The number of allylic oxidation sites excluding steroid dienone is 4. The predicted octanol–water partition coefficient (Wildman–Crippen LogP) is 2.47. The molecule has 0 aliphatic rings. The Morgan fingerprint density at radius 2 is 1.92 bits per heavy atom. The molecule has 0 rings (SSSR count). The van der Waals surface area contributed by atoms with Crippen molar-refractivity contribution in [1.82, 2.24) is 0 Å². The Balaban J connectivity index is 4.21. The molecule has 2 radical (unpaired) electrons. The molecule has 0 bridgehead atoms. The van der Waals surface area contributed by atoms with Crippen LogP contribution in [0.3, 0.4) is 0 Å². The number of carbonyl (C=O) groups excluding carboxylic acids is 1. The lowest BCUT2D eigenvalue weighted by atomic mass is 9.95. The van der Waals surface area contributed by atoms with E-state index in [4.69, 9.17) is 7.85 Å². The van der Waals surface area contributed by atoms with Crippen molar-refractivity contribution in [2.75, 3.05) is 0 Å². The smallest absolute Gasteiger partial charge is 0.153 e. The first-order chi connectivity index (χ1) is 5.99. The van der Waals surface area contributed by atoms with Crippen molar-refractivity contribution in [2.24, 2.45) is 5.92 Å². The molecule has 0 atom stereocenters. The molecule has 0 aliphatic heterocycles. The summed E-state index contributed by atoms with van der Waals surface area (Å²) in [7, 11) is 5.17. The summed E-state index contributed by atoms with van der Waals surface area (Å²) in [6, 6.07) is 0. The van der Waals surface area contributed by atoms with Crippen LogP contribution in [0, 0.1) is 5.92 Å². The summed E-state index contributed by atoms with van der Waals surface area (Å²) >= 11 is 0. The highest BCUT2D eigenvalue weighted by Gasteiger charge is 2.00. The molecule has 0 saturated carbocycles. The van der Waals surface area contributed by atoms with E-state index in [0.29, 0.717) is 11.5 Å². The van der Waals surface area contributed by atoms with Gasteiger partial charge in [0, 0.05) is 5.57 Å². The maximum Gasteiger partial charge on any atom is 0.153 e. The summed E-state index contributed by atoms with van der Waals surface area (Å²) in [6.45, 7) is 11.5. The van der Waals surface area contributed by atoms with Gasteiger partial charge in [-0.1, -0.05) is 44.7 Å². The van der Waals surface area contributed by atoms with Crippen LogP contribution in [0.15, 0.2) is 36.5 Å². The van der Waals surface area contributed by atoms with Crippen molar-refractivity contribution in [3.63, 3.8) is 0 Å². The average molecular weight is 174 g/mol. The van der Waals surface area contributed by atoms with Crippen LogP contribution in [-0.2, 0) is 4.79 Å². The fourth-order valence-corrected chi connectivity index (χ4v) is 0.624. The fourth-order valence-electron chi connectivity index (χ4n) is 0.624. The third-order valence-corrected chi connectivity index (χ3v) is 1.78. The molecule has 0 amide bonds. The maximum atomic E-state index is 11.0. The first kappa shape index (κ1) is 12.0. The zero-order valence-corrected chi connectivity index (χ0v) is 8.34. The Labute approximate surface area is 81.6 Å². The molecule has 0 aromatic heterocycles. The molecule has 0 saturated heterocycles. The Morgan fingerprint density at radius 3 is 2.31 bits per heavy atom. The van der Waals surface area contributed by atoms with Crippen molar-refractivity contribution < 1.29 is 4.79 Å². The molecule has 0 spiro atoms. The second-order valence-corrected chi connectivity index (χ2v) is 3.22. The number of Topliss-reactive ketones (excluding diaryl/α,β-unsaturated/α-hetero) is 1. The summed E-state index contributed by atoms with van der Waals surface area (Å²) < 4.78 is 0. The highest BCUT2D eigenvalue weighted by molar-refractivity contribution is 6.24. The first-order valence-electron chi connectivity index (χ1n) is 4.28. The third kappa shape index (κ3) is 4.51. The number of ketones is 1. The summed E-state index contributed by atoms with van der Waals surface area (Å²) in [5.74, 6) is 0.254. The van der Waals surface area contributed by atoms with Gasteiger partial charge < -0.3 is 0 Å². The largest absolute Gasteiger partial charge is 0.295 e. The van der Waals surface area contributed by atoms with E-state index in [9.17, 15) is 4.79 Å². The summed E-state index contributed by atoms with van der Waals surface area (Å²) in [4.78, 5) is 11.0. The molecule has 0 heterocycles. The minimum Gasteiger partial charge on any atom is -0.295 e. The average Bonchev–Trinajstić information content (AvgIpc) is 2.11. The predicted molar refractivity (Wildman–Crippen MR) is 57.8 cm³/mol. The van der Waals surface area contributed by atoms with Gasteiger partial charge in [-0.25, -0.2) is 0 Å². The quantitative estimate of drug-likeness (QED) is 0.355. The monoisotopic (exact) mass is 174 g/mol. The minimum absolute atomic E-state index is 0.0112.